The summed E-state index contributed by atoms with van der Waals surface area (Å²) in [7, 11) is -7.31. The molecule has 0 spiro atoms. The molecule has 0 saturated heterocycles. The second-order valence-electron chi connectivity index (χ2n) is 8.14. The third-order valence-electron chi connectivity index (χ3n) is 4.79. The monoisotopic (exact) mass is 481 g/mol. The lowest BCUT2D eigenvalue weighted by atomic mass is 10.0. The van der Waals surface area contributed by atoms with Crippen LogP contribution in [-0.2, 0) is 24.8 Å². The minimum Gasteiger partial charge on any atom is -0.325 e. The van der Waals surface area contributed by atoms with E-state index in [9.17, 15) is 21.6 Å². The van der Waals surface area contributed by atoms with Gasteiger partial charge >= 0.3 is 0 Å². The lowest BCUT2D eigenvalue weighted by Crippen LogP contribution is -2.44. The van der Waals surface area contributed by atoms with Crippen LogP contribution in [0.15, 0.2) is 47.4 Å². The van der Waals surface area contributed by atoms with Gasteiger partial charge in [-0.1, -0.05) is 31.5 Å². The first kappa shape index (κ1) is 25.8. The highest BCUT2D eigenvalue weighted by Gasteiger charge is 2.26. The van der Waals surface area contributed by atoms with Gasteiger partial charge < -0.3 is 5.32 Å². The predicted molar refractivity (Wildman–Crippen MR) is 128 cm³/mol. The Morgan fingerprint density at radius 3 is 2.12 bits per heavy atom. The van der Waals surface area contributed by atoms with Gasteiger partial charge in [-0.15, -0.1) is 0 Å². The summed E-state index contributed by atoms with van der Waals surface area (Å²) < 4.78 is 54.2. The van der Waals surface area contributed by atoms with Gasteiger partial charge in [0.2, 0.25) is 26.0 Å². The molecule has 0 aliphatic carbocycles. The van der Waals surface area contributed by atoms with Crippen molar-refractivity contribution in [1.82, 2.24) is 4.72 Å². The maximum absolute atomic E-state index is 12.9. The predicted octanol–water partition coefficient (Wildman–Crippen LogP) is 3.40. The second kappa shape index (κ2) is 10.5. The number of carbonyl (C=O) groups excluding carboxylic acids is 1. The molecule has 32 heavy (non-hydrogen) atoms. The standard InChI is InChI=1S/C22H31N3O5S2/c1-6-31(27,28)24-20-12-9-18(14-17(20)5)23-22(26)21(13-15(2)3)25-32(29,30)19-10-7-16(4)8-11-19/h7-12,14-15,21,24-25H,6,13H2,1-5H3,(H,23,26). The highest BCUT2D eigenvalue weighted by molar-refractivity contribution is 7.92. The summed E-state index contributed by atoms with van der Waals surface area (Å²) in [5.74, 6) is -0.474. The van der Waals surface area contributed by atoms with Gasteiger partial charge in [0.05, 0.1) is 16.3 Å². The summed E-state index contributed by atoms with van der Waals surface area (Å²) in [5, 5.41) is 2.73. The molecule has 1 amide bonds. The van der Waals surface area contributed by atoms with Crippen LogP contribution in [0.25, 0.3) is 0 Å². The number of amides is 1. The maximum atomic E-state index is 12.9. The molecule has 0 aliphatic heterocycles. The Kier molecular flexibility index (Phi) is 8.44. The summed E-state index contributed by atoms with van der Waals surface area (Å²) in [5.41, 5.74) is 2.42. The molecule has 0 aliphatic rings. The van der Waals surface area contributed by atoms with Crippen LogP contribution in [0.5, 0.6) is 0 Å². The van der Waals surface area contributed by atoms with Crippen molar-refractivity contribution in [3.63, 3.8) is 0 Å². The summed E-state index contributed by atoms with van der Waals surface area (Å²) in [4.78, 5) is 13.0. The average molecular weight is 482 g/mol. The van der Waals surface area contributed by atoms with Gasteiger partial charge in [-0.05, 0) is 69.0 Å². The van der Waals surface area contributed by atoms with Crippen LogP contribution in [0, 0.1) is 19.8 Å². The Balaban J connectivity index is 2.21. The van der Waals surface area contributed by atoms with E-state index in [0.29, 0.717) is 23.4 Å². The van der Waals surface area contributed by atoms with Crippen LogP contribution in [0.1, 0.15) is 38.3 Å². The molecule has 0 bridgehead atoms. The molecule has 0 saturated carbocycles. The zero-order valence-electron chi connectivity index (χ0n) is 19.0. The zero-order chi connectivity index (χ0) is 24.1. The van der Waals surface area contributed by atoms with E-state index in [2.05, 4.69) is 14.8 Å². The number of hydrogen-bond acceptors (Lipinski definition) is 5. The Bertz CT molecular complexity index is 1160. The molecule has 1 atom stereocenters. The maximum Gasteiger partial charge on any atom is 0.242 e. The van der Waals surface area contributed by atoms with Gasteiger partial charge in [0.1, 0.15) is 6.04 Å². The van der Waals surface area contributed by atoms with Crippen molar-refractivity contribution in [2.75, 3.05) is 15.8 Å². The van der Waals surface area contributed by atoms with E-state index < -0.39 is 32.0 Å². The SMILES string of the molecule is CCS(=O)(=O)Nc1ccc(NC(=O)C(CC(C)C)NS(=O)(=O)c2ccc(C)cc2)cc1C. The minimum atomic E-state index is -3.88. The van der Waals surface area contributed by atoms with Crippen molar-refractivity contribution in [1.29, 1.82) is 0 Å². The number of rotatable bonds is 10. The first-order valence-electron chi connectivity index (χ1n) is 10.3. The number of hydrogen-bond donors (Lipinski definition) is 3. The van der Waals surface area contributed by atoms with Crippen LogP contribution in [0.2, 0.25) is 0 Å². The van der Waals surface area contributed by atoms with Crippen LogP contribution in [-0.4, -0.2) is 34.5 Å². The molecule has 8 nitrogen and oxygen atoms in total. The Morgan fingerprint density at radius 1 is 0.969 bits per heavy atom. The van der Waals surface area contributed by atoms with Crippen molar-refractivity contribution in [2.45, 2.75) is 52.0 Å². The van der Waals surface area contributed by atoms with Crippen molar-refractivity contribution in [2.24, 2.45) is 5.92 Å². The van der Waals surface area contributed by atoms with Crippen molar-refractivity contribution >= 4 is 37.3 Å². The number of sulfonamides is 2. The third kappa shape index (κ3) is 7.32. The topological polar surface area (TPSA) is 121 Å². The van der Waals surface area contributed by atoms with E-state index in [4.69, 9.17) is 0 Å². The molecule has 0 radical (unpaired) electrons. The van der Waals surface area contributed by atoms with Crippen LogP contribution >= 0.6 is 0 Å². The lowest BCUT2D eigenvalue weighted by molar-refractivity contribution is -0.118. The van der Waals surface area contributed by atoms with Gasteiger partial charge in [-0.2, -0.15) is 4.72 Å². The van der Waals surface area contributed by atoms with Gasteiger partial charge in [0.15, 0.2) is 0 Å². The smallest absolute Gasteiger partial charge is 0.242 e. The zero-order valence-corrected chi connectivity index (χ0v) is 20.6. The molecule has 2 rings (SSSR count). The number of nitrogens with one attached hydrogen (secondary N) is 3. The molecule has 176 valence electrons. The summed E-state index contributed by atoms with van der Waals surface area (Å²) in [6.07, 6.45) is 0.310. The van der Waals surface area contributed by atoms with E-state index in [0.717, 1.165) is 5.56 Å². The largest absolute Gasteiger partial charge is 0.325 e. The summed E-state index contributed by atoms with van der Waals surface area (Å²) in [6, 6.07) is 10.2. The highest BCUT2D eigenvalue weighted by Crippen LogP contribution is 2.22. The van der Waals surface area contributed by atoms with E-state index >= 15 is 0 Å². The third-order valence-corrected chi connectivity index (χ3v) is 7.57. The van der Waals surface area contributed by atoms with Gasteiger partial charge in [0.25, 0.3) is 0 Å². The Hall–Kier alpha value is -2.43. The molecule has 2 aromatic carbocycles. The molecule has 0 fully saturated rings. The number of benzene rings is 2. The number of aryl methyl sites for hydroxylation is 2. The normalized spacial score (nSPS) is 13.1. The number of anilines is 2. The van der Waals surface area contributed by atoms with Crippen molar-refractivity contribution in [3.05, 3.63) is 53.6 Å². The molecule has 0 aromatic heterocycles. The lowest BCUT2D eigenvalue weighted by Gasteiger charge is -2.21. The van der Waals surface area contributed by atoms with Crippen molar-refractivity contribution < 1.29 is 21.6 Å². The minimum absolute atomic E-state index is 0.0526. The van der Waals surface area contributed by atoms with Crippen LogP contribution < -0.4 is 14.8 Å². The first-order valence-corrected chi connectivity index (χ1v) is 13.5. The van der Waals surface area contributed by atoms with E-state index in [1.165, 1.54) is 12.1 Å². The summed E-state index contributed by atoms with van der Waals surface area (Å²) >= 11 is 0. The fraction of sp³-hybridized carbons (Fsp3) is 0.409. The average Bonchev–Trinajstić information content (AvgIpc) is 2.69. The molecule has 1 unspecified atom stereocenters. The first-order chi connectivity index (χ1) is 14.8. The number of carbonyl (C=O) groups is 1. The molecule has 0 heterocycles. The Labute approximate surface area is 190 Å². The molecular weight excluding hydrogens is 450 g/mol. The van der Waals surface area contributed by atoms with Crippen LogP contribution in [0.4, 0.5) is 11.4 Å². The molecule has 3 N–H and O–H groups in total. The fourth-order valence-electron chi connectivity index (χ4n) is 2.98. The molecule has 10 heteroatoms. The quantitative estimate of drug-likeness (QED) is 0.480. The summed E-state index contributed by atoms with van der Waals surface area (Å²) in [6.45, 7) is 8.92. The Morgan fingerprint density at radius 2 is 1.59 bits per heavy atom. The van der Waals surface area contributed by atoms with Gasteiger partial charge in [-0.25, -0.2) is 16.8 Å². The molecular formula is C22H31N3O5S2. The molecule has 2 aromatic rings. The van der Waals surface area contributed by atoms with Crippen LogP contribution in [0.3, 0.4) is 0 Å². The highest BCUT2D eigenvalue weighted by atomic mass is 32.2. The second-order valence-corrected chi connectivity index (χ2v) is 11.9. The fourth-order valence-corrected chi connectivity index (χ4v) is 4.89. The van der Waals surface area contributed by atoms with E-state index in [1.807, 2.05) is 20.8 Å². The van der Waals surface area contributed by atoms with E-state index in [1.54, 1.807) is 44.2 Å². The van der Waals surface area contributed by atoms with Crippen molar-refractivity contribution in [3.8, 4) is 0 Å². The van der Waals surface area contributed by atoms with E-state index in [-0.39, 0.29) is 16.6 Å². The van der Waals surface area contributed by atoms with Gasteiger partial charge in [-0.3, -0.25) is 9.52 Å². The van der Waals surface area contributed by atoms with Gasteiger partial charge in [0, 0.05) is 5.69 Å².